The molecule has 1 aliphatic rings. The molecule has 0 fully saturated rings. The molecule has 0 saturated heterocycles. The van der Waals surface area contributed by atoms with Gasteiger partial charge in [0.25, 0.3) is 0 Å². The lowest BCUT2D eigenvalue weighted by Crippen LogP contribution is -2.28. The Hall–Kier alpha value is -2.71. The summed E-state index contributed by atoms with van der Waals surface area (Å²) in [7, 11) is 0. The molecule has 1 aromatic carbocycles. The lowest BCUT2D eigenvalue weighted by Gasteiger charge is -2.28. The minimum absolute atomic E-state index is 0.00362. The normalized spacial score (nSPS) is 18.0. The molecule has 2 aromatic rings. The van der Waals surface area contributed by atoms with Gasteiger partial charge in [0.05, 0.1) is 31.4 Å². The largest absolute Gasteiger partial charge is 0.466 e. The predicted molar refractivity (Wildman–Crippen MR) is 107 cm³/mol. The van der Waals surface area contributed by atoms with Gasteiger partial charge in [-0.3, -0.25) is 14.2 Å². The number of fused-ring (bicyclic) bond motifs is 3. The van der Waals surface area contributed by atoms with Gasteiger partial charge in [0.2, 0.25) is 6.41 Å². The molecule has 0 aliphatic carbocycles. The van der Waals surface area contributed by atoms with Crippen LogP contribution in [0.2, 0.25) is 5.02 Å². The molecule has 1 N–H and O–H groups in total. The van der Waals surface area contributed by atoms with E-state index in [2.05, 4.69) is 22.1 Å². The van der Waals surface area contributed by atoms with Crippen LogP contribution in [0.1, 0.15) is 43.1 Å². The number of ether oxygens (including phenoxy) is 2. The third-order valence-electron chi connectivity index (χ3n) is 4.56. The molecule has 0 bridgehead atoms. The molecule has 1 aromatic heterocycles. The molecule has 2 unspecified atom stereocenters. The van der Waals surface area contributed by atoms with E-state index in [1.165, 1.54) is 0 Å². The first kappa shape index (κ1) is 21.0. The van der Waals surface area contributed by atoms with Gasteiger partial charge in [0.15, 0.2) is 11.6 Å². The summed E-state index contributed by atoms with van der Waals surface area (Å²) in [6.07, 6.45) is 2.68. The second-order valence-corrected chi connectivity index (χ2v) is 7.00. The Morgan fingerprint density at radius 1 is 1.48 bits per heavy atom. The Morgan fingerprint density at radius 3 is 3.03 bits per heavy atom. The lowest BCUT2D eigenvalue weighted by atomic mass is 10.0. The highest BCUT2D eigenvalue weighted by Crippen LogP contribution is 2.33. The maximum atomic E-state index is 12.2. The highest BCUT2D eigenvalue weighted by molar-refractivity contribution is 6.30. The number of halogens is 1. The highest BCUT2D eigenvalue weighted by Gasteiger charge is 2.31. The zero-order valence-corrected chi connectivity index (χ0v) is 16.9. The molecule has 9 heteroatoms. The van der Waals surface area contributed by atoms with Gasteiger partial charge < -0.3 is 14.8 Å². The fraction of sp³-hybridized carbons (Fsp3) is 0.400. The van der Waals surface area contributed by atoms with Crippen LogP contribution in [0.3, 0.4) is 0 Å². The molecule has 29 heavy (non-hydrogen) atoms. The predicted octanol–water partition coefficient (Wildman–Crippen LogP) is 2.68. The average molecular weight is 419 g/mol. The Labute approximate surface area is 173 Å². The van der Waals surface area contributed by atoms with Crippen molar-refractivity contribution in [2.75, 3.05) is 6.61 Å². The third kappa shape index (κ3) is 4.83. The first-order chi connectivity index (χ1) is 14.1. The first-order valence-corrected chi connectivity index (χ1v) is 9.77. The van der Waals surface area contributed by atoms with Crippen molar-refractivity contribution in [2.24, 2.45) is 0 Å². The number of carbonyl (C=O) groups is 2. The minimum atomic E-state index is -0.652. The smallest absolute Gasteiger partial charge is 0.308 e. The van der Waals surface area contributed by atoms with Gasteiger partial charge in [-0.2, -0.15) is 0 Å². The van der Waals surface area contributed by atoms with Crippen molar-refractivity contribution in [3.63, 3.8) is 0 Å². The Bertz CT molecular complexity index is 899. The van der Waals surface area contributed by atoms with Gasteiger partial charge in [0, 0.05) is 11.4 Å². The molecule has 3 rings (SSSR count). The Kier molecular flexibility index (Phi) is 7.00. The number of hydrogen-bond acceptors (Lipinski definition) is 6. The number of carbonyl (C=O) groups excluding carboxylic acids is 2. The van der Waals surface area contributed by atoms with E-state index in [0.29, 0.717) is 35.9 Å². The molecule has 1 aliphatic heterocycles. The van der Waals surface area contributed by atoms with Gasteiger partial charge in [-0.05, 0) is 37.1 Å². The van der Waals surface area contributed by atoms with Crippen molar-refractivity contribution in [3.8, 4) is 5.69 Å². The van der Waals surface area contributed by atoms with Crippen LogP contribution in [0.15, 0.2) is 30.9 Å². The van der Waals surface area contributed by atoms with E-state index in [1.54, 1.807) is 19.1 Å². The van der Waals surface area contributed by atoms with Crippen LogP contribution in [0, 0.1) is 0 Å². The van der Waals surface area contributed by atoms with Crippen LogP contribution in [0.4, 0.5) is 0 Å². The molecule has 154 valence electrons. The number of esters is 1. The molecule has 0 saturated carbocycles. The molecule has 0 radical (unpaired) electrons. The van der Waals surface area contributed by atoms with Crippen LogP contribution >= 0.6 is 11.6 Å². The molecule has 8 nitrogen and oxygen atoms in total. The average Bonchev–Trinajstić information content (AvgIpc) is 3.08. The fourth-order valence-electron chi connectivity index (χ4n) is 3.41. The molecular weight excluding hydrogens is 396 g/mol. The van der Waals surface area contributed by atoms with Gasteiger partial charge in [-0.15, -0.1) is 16.8 Å². The summed E-state index contributed by atoms with van der Waals surface area (Å²) in [6.45, 7) is 6.02. The minimum Gasteiger partial charge on any atom is -0.466 e. The summed E-state index contributed by atoms with van der Waals surface area (Å²) >= 11 is 6.23. The van der Waals surface area contributed by atoms with Gasteiger partial charge in [0.1, 0.15) is 6.10 Å². The van der Waals surface area contributed by atoms with Crippen LogP contribution in [0.25, 0.3) is 5.69 Å². The molecule has 2 atom stereocenters. The molecular formula is C20H23ClN4O4. The van der Waals surface area contributed by atoms with Crippen molar-refractivity contribution < 1.29 is 19.1 Å². The zero-order chi connectivity index (χ0) is 20.8. The maximum Gasteiger partial charge on any atom is 0.308 e. The highest BCUT2D eigenvalue weighted by atomic mass is 35.5. The van der Waals surface area contributed by atoms with E-state index in [4.69, 9.17) is 21.1 Å². The number of amides is 1. The summed E-state index contributed by atoms with van der Waals surface area (Å²) in [5.41, 5.74) is 1.79. The van der Waals surface area contributed by atoms with Crippen LogP contribution in [-0.4, -0.2) is 39.9 Å². The van der Waals surface area contributed by atoms with Gasteiger partial charge in [-0.25, -0.2) is 0 Å². The number of nitrogens with one attached hydrogen (secondary N) is 1. The Morgan fingerprint density at radius 2 is 2.31 bits per heavy atom. The van der Waals surface area contributed by atoms with Crippen LogP contribution in [-0.2, 0) is 32.0 Å². The number of aromatic nitrogens is 3. The number of hydrogen-bond donors (Lipinski definition) is 1. The lowest BCUT2D eigenvalue weighted by molar-refractivity contribution is -0.148. The topological polar surface area (TPSA) is 95.3 Å². The standard InChI is InChI=1S/C20H23ClN4O4/c1-3-5-15-9-13-8-14(21)6-7-16(13)25-18(11-22-12-26)23-24-20(25)17(29-15)10-19(27)28-4-2/h3,6-8,12,15,17H,1,4-5,9-11H2,2H3,(H,22,26). The zero-order valence-electron chi connectivity index (χ0n) is 16.1. The fourth-order valence-corrected chi connectivity index (χ4v) is 3.60. The summed E-state index contributed by atoms with van der Waals surface area (Å²) in [4.78, 5) is 23.0. The van der Waals surface area contributed by atoms with E-state index in [-0.39, 0.29) is 31.6 Å². The maximum absolute atomic E-state index is 12.2. The van der Waals surface area contributed by atoms with Crippen LogP contribution < -0.4 is 5.32 Å². The summed E-state index contributed by atoms with van der Waals surface area (Å²) in [6, 6.07) is 5.54. The molecule has 0 spiro atoms. The molecule has 1 amide bonds. The van der Waals surface area contributed by atoms with E-state index in [1.807, 2.05) is 16.7 Å². The van der Waals surface area contributed by atoms with Crippen molar-refractivity contribution >= 4 is 24.0 Å². The van der Waals surface area contributed by atoms with Crippen LogP contribution in [0.5, 0.6) is 0 Å². The quantitative estimate of drug-likeness (QED) is 0.402. The van der Waals surface area contributed by atoms with Gasteiger partial charge >= 0.3 is 5.97 Å². The second-order valence-electron chi connectivity index (χ2n) is 6.57. The van der Waals surface area contributed by atoms with Crippen molar-refractivity contribution in [1.29, 1.82) is 0 Å². The third-order valence-corrected chi connectivity index (χ3v) is 4.80. The molecule has 2 heterocycles. The monoisotopic (exact) mass is 418 g/mol. The number of nitrogens with zero attached hydrogens (tertiary/aromatic N) is 3. The van der Waals surface area contributed by atoms with E-state index in [9.17, 15) is 9.59 Å². The summed E-state index contributed by atoms with van der Waals surface area (Å²) in [5.74, 6) is 0.613. The first-order valence-electron chi connectivity index (χ1n) is 9.39. The van der Waals surface area contributed by atoms with Gasteiger partial charge in [-0.1, -0.05) is 17.7 Å². The van der Waals surface area contributed by atoms with Crippen molar-refractivity contribution in [3.05, 3.63) is 53.1 Å². The van der Waals surface area contributed by atoms with E-state index in [0.717, 1.165) is 11.3 Å². The summed E-state index contributed by atoms with van der Waals surface area (Å²) < 4.78 is 13.2. The van der Waals surface area contributed by atoms with Crippen molar-refractivity contribution in [1.82, 2.24) is 20.1 Å². The number of rotatable bonds is 8. The van der Waals surface area contributed by atoms with Crippen molar-refractivity contribution in [2.45, 2.75) is 44.9 Å². The SMILES string of the molecule is C=CCC1Cc2cc(Cl)ccc2-n2c(CNC=O)nnc2C(CC(=O)OCC)O1. The number of benzene rings is 1. The Balaban J connectivity index is 2.12. The summed E-state index contributed by atoms with van der Waals surface area (Å²) in [5, 5.41) is 11.7. The van der Waals surface area contributed by atoms with E-state index < -0.39 is 6.10 Å². The second kappa shape index (κ2) is 9.67. The van der Waals surface area contributed by atoms with E-state index >= 15 is 0 Å².